The fraction of sp³-hybridized carbons (Fsp3) is 0.0833. The van der Waals surface area contributed by atoms with Crippen LogP contribution in [0.1, 0.15) is 11.4 Å². The number of anilines is 1. The van der Waals surface area contributed by atoms with Crippen molar-refractivity contribution in [3.05, 3.63) is 78.4 Å². The standard InChI is InChI=1S/C24H19N5O2/c1-14-9-11-16-5-3-7-18(21(16)28-14)30-23-20(25)24(27-13-26-23)31-19-8-4-6-17-12-10-15(2)29-22(17)19/h3-13H,25H2,1-2H3. The average molecular weight is 409 g/mol. The zero-order chi connectivity index (χ0) is 21.4. The van der Waals surface area contributed by atoms with Crippen molar-refractivity contribution in [1.29, 1.82) is 0 Å². The summed E-state index contributed by atoms with van der Waals surface area (Å²) in [5.74, 6) is 1.51. The lowest BCUT2D eigenvalue weighted by Crippen LogP contribution is -2.01. The van der Waals surface area contributed by atoms with Crippen LogP contribution in [0.15, 0.2) is 67.0 Å². The first-order valence-corrected chi connectivity index (χ1v) is 9.77. The van der Waals surface area contributed by atoms with Crippen molar-refractivity contribution < 1.29 is 9.47 Å². The lowest BCUT2D eigenvalue weighted by atomic mass is 10.2. The molecule has 0 spiro atoms. The van der Waals surface area contributed by atoms with Crippen LogP contribution in [0.2, 0.25) is 0 Å². The van der Waals surface area contributed by atoms with Gasteiger partial charge in [0.25, 0.3) is 0 Å². The topological polar surface area (TPSA) is 96.0 Å². The third-order valence-electron chi connectivity index (χ3n) is 4.87. The molecular formula is C24H19N5O2. The monoisotopic (exact) mass is 409 g/mol. The number of aromatic nitrogens is 4. The molecule has 31 heavy (non-hydrogen) atoms. The van der Waals surface area contributed by atoms with Gasteiger partial charge in [-0.05, 0) is 38.1 Å². The smallest absolute Gasteiger partial charge is 0.249 e. The van der Waals surface area contributed by atoms with Crippen LogP contribution in [-0.4, -0.2) is 19.9 Å². The minimum absolute atomic E-state index is 0.191. The quantitative estimate of drug-likeness (QED) is 0.427. The molecule has 3 heterocycles. The molecule has 0 fully saturated rings. The first kappa shape index (κ1) is 18.7. The van der Waals surface area contributed by atoms with Crippen LogP contribution < -0.4 is 15.2 Å². The first-order valence-electron chi connectivity index (χ1n) is 9.77. The van der Waals surface area contributed by atoms with Gasteiger partial charge in [-0.1, -0.05) is 36.4 Å². The molecule has 0 aliphatic carbocycles. The molecule has 0 bridgehead atoms. The molecule has 152 valence electrons. The number of ether oxygens (including phenoxy) is 2. The summed E-state index contributed by atoms with van der Waals surface area (Å²) in [6.07, 6.45) is 1.36. The third-order valence-corrected chi connectivity index (χ3v) is 4.87. The minimum atomic E-state index is 0.191. The van der Waals surface area contributed by atoms with Gasteiger partial charge in [-0.3, -0.25) is 0 Å². The number of rotatable bonds is 4. The largest absolute Gasteiger partial charge is 0.435 e. The van der Waals surface area contributed by atoms with Crippen molar-refractivity contribution in [2.24, 2.45) is 0 Å². The van der Waals surface area contributed by atoms with Crippen LogP contribution >= 0.6 is 0 Å². The number of benzene rings is 2. The van der Waals surface area contributed by atoms with E-state index in [1.807, 2.05) is 74.5 Å². The number of nitrogens with two attached hydrogens (primary N) is 1. The van der Waals surface area contributed by atoms with Gasteiger partial charge in [0, 0.05) is 22.2 Å². The summed E-state index contributed by atoms with van der Waals surface area (Å²) in [6.45, 7) is 3.86. The van der Waals surface area contributed by atoms with E-state index in [4.69, 9.17) is 15.2 Å². The summed E-state index contributed by atoms with van der Waals surface area (Å²) in [7, 11) is 0. The van der Waals surface area contributed by atoms with Gasteiger partial charge in [-0.25, -0.2) is 9.97 Å². The molecular weight excluding hydrogens is 390 g/mol. The van der Waals surface area contributed by atoms with E-state index in [1.165, 1.54) is 6.33 Å². The second kappa shape index (κ2) is 7.53. The second-order valence-electron chi connectivity index (χ2n) is 7.16. The Kier molecular flexibility index (Phi) is 4.55. The van der Waals surface area contributed by atoms with E-state index in [-0.39, 0.29) is 17.4 Å². The molecule has 0 unspecified atom stereocenters. The van der Waals surface area contributed by atoms with Crippen LogP contribution in [-0.2, 0) is 0 Å². The second-order valence-corrected chi connectivity index (χ2v) is 7.16. The molecule has 0 atom stereocenters. The van der Waals surface area contributed by atoms with Gasteiger partial charge in [0.2, 0.25) is 11.8 Å². The summed E-state index contributed by atoms with van der Waals surface area (Å²) < 4.78 is 12.1. The van der Waals surface area contributed by atoms with Gasteiger partial charge in [-0.15, -0.1) is 0 Å². The van der Waals surface area contributed by atoms with E-state index in [0.717, 1.165) is 33.2 Å². The van der Waals surface area contributed by atoms with Gasteiger partial charge < -0.3 is 15.2 Å². The highest BCUT2D eigenvalue weighted by atomic mass is 16.5. The molecule has 0 aliphatic heterocycles. The maximum atomic E-state index is 6.31. The SMILES string of the molecule is Cc1ccc2cccc(Oc3ncnc(Oc4cccc5ccc(C)nc45)c3N)c2n1. The van der Waals surface area contributed by atoms with E-state index in [1.54, 1.807) is 0 Å². The Morgan fingerprint density at radius 2 is 1.13 bits per heavy atom. The molecule has 5 rings (SSSR count). The Labute approximate surface area is 178 Å². The Bertz CT molecular complexity index is 1330. The molecule has 0 amide bonds. The normalized spacial score (nSPS) is 11.0. The lowest BCUT2D eigenvalue weighted by Gasteiger charge is -2.13. The predicted octanol–water partition coefficient (Wildman–Crippen LogP) is 5.36. The third kappa shape index (κ3) is 3.57. The van der Waals surface area contributed by atoms with E-state index in [9.17, 15) is 0 Å². The first-order chi connectivity index (χ1) is 15.1. The molecule has 5 aromatic rings. The Hall–Kier alpha value is -4.26. The summed E-state index contributed by atoms with van der Waals surface area (Å²) >= 11 is 0. The van der Waals surface area contributed by atoms with Crippen LogP contribution in [0, 0.1) is 13.8 Å². The highest BCUT2D eigenvalue weighted by Crippen LogP contribution is 2.36. The van der Waals surface area contributed by atoms with E-state index >= 15 is 0 Å². The van der Waals surface area contributed by atoms with Gasteiger partial charge in [0.1, 0.15) is 17.4 Å². The molecule has 7 nitrogen and oxygen atoms in total. The number of nitrogen functional groups attached to an aromatic ring is 1. The molecule has 0 radical (unpaired) electrons. The van der Waals surface area contributed by atoms with Crippen molar-refractivity contribution in [3.8, 4) is 23.3 Å². The van der Waals surface area contributed by atoms with Crippen LogP contribution in [0.5, 0.6) is 23.3 Å². The number of fused-ring (bicyclic) bond motifs is 2. The molecule has 0 saturated heterocycles. The molecule has 2 N–H and O–H groups in total. The van der Waals surface area contributed by atoms with Gasteiger partial charge >= 0.3 is 0 Å². The maximum absolute atomic E-state index is 6.31. The highest BCUT2D eigenvalue weighted by Gasteiger charge is 2.16. The zero-order valence-electron chi connectivity index (χ0n) is 17.0. The Morgan fingerprint density at radius 3 is 1.61 bits per heavy atom. The van der Waals surface area contributed by atoms with Crippen LogP contribution in [0.4, 0.5) is 5.69 Å². The minimum Gasteiger partial charge on any atom is -0.435 e. The number of hydrogen-bond acceptors (Lipinski definition) is 7. The predicted molar refractivity (Wildman–Crippen MR) is 120 cm³/mol. The Morgan fingerprint density at radius 1 is 0.645 bits per heavy atom. The van der Waals surface area contributed by atoms with Gasteiger partial charge in [-0.2, -0.15) is 9.97 Å². The molecule has 0 aliphatic rings. The average Bonchev–Trinajstić information content (AvgIpc) is 2.77. The Balaban J connectivity index is 1.52. The molecule has 3 aromatic heterocycles. The van der Waals surface area contributed by atoms with E-state index < -0.39 is 0 Å². The number of para-hydroxylation sites is 2. The van der Waals surface area contributed by atoms with Crippen molar-refractivity contribution >= 4 is 27.5 Å². The van der Waals surface area contributed by atoms with Crippen molar-refractivity contribution in [2.75, 3.05) is 5.73 Å². The summed E-state index contributed by atoms with van der Waals surface area (Å²) in [5.41, 5.74) is 9.75. The van der Waals surface area contributed by atoms with Crippen LogP contribution in [0.3, 0.4) is 0 Å². The van der Waals surface area contributed by atoms with Crippen LogP contribution in [0.25, 0.3) is 21.8 Å². The molecule has 2 aromatic carbocycles. The van der Waals surface area contributed by atoms with Crippen molar-refractivity contribution in [3.63, 3.8) is 0 Å². The number of aryl methyl sites for hydroxylation is 2. The maximum Gasteiger partial charge on any atom is 0.249 e. The van der Waals surface area contributed by atoms with E-state index in [0.29, 0.717) is 11.5 Å². The number of hydrogen-bond donors (Lipinski definition) is 1. The van der Waals surface area contributed by atoms with Crippen molar-refractivity contribution in [2.45, 2.75) is 13.8 Å². The molecule has 7 heteroatoms. The summed E-state index contributed by atoms with van der Waals surface area (Å²) in [4.78, 5) is 17.6. The zero-order valence-corrected chi connectivity index (χ0v) is 17.0. The fourth-order valence-corrected chi connectivity index (χ4v) is 3.33. The number of nitrogens with zero attached hydrogens (tertiary/aromatic N) is 4. The van der Waals surface area contributed by atoms with E-state index in [2.05, 4.69) is 19.9 Å². The number of pyridine rings is 2. The summed E-state index contributed by atoms with van der Waals surface area (Å²) in [5, 5.41) is 1.92. The van der Waals surface area contributed by atoms with Crippen molar-refractivity contribution in [1.82, 2.24) is 19.9 Å². The van der Waals surface area contributed by atoms with Gasteiger partial charge in [0.15, 0.2) is 17.2 Å². The van der Waals surface area contributed by atoms with Gasteiger partial charge in [0.05, 0.1) is 0 Å². The highest BCUT2D eigenvalue weighted by molar-refractivity contribution is 5.86. The molecule has 0 saturated carbocycles. The summed E-state index contributed by atoms with van der Waals surface area (Å²) in [6, 6.07) is 19.3. The lowest BCUT2D eigenvalue weighted by molar-refractivity contribution is 0.442. The fourth-order valence-electron chi connectivity index (χ4n) is 3.33.